The van der Waals surface area contributed by atoms with Crippen LogP contribution in [0, 0.1) is 5.82 Å². The molecule has 0 saturated carbocycles. The Kier molecular flexibility index (Phi) is 4.70. The molecule has 104 valence electrons. The summed E-state index contributed by atoms with van der Waals surface area (Å²) < 4.78 is 14.5. The molecule has 1 aromatic rings. The summed E-state index contributed by atoms with van der Waals surface area (Å²) in [6, 6.07) is 1.52. The average Bonchev–Trinajstić information content (AvgIpc) is 2.38. The topological polar surface area (TPSA) is 45.4 Å². The minimum Gasteiger partial charge on any atom is -0.392 e. The Balaban J connectivity index is 2.02. The van der Waals surface area contributed by atoms with Crippen molar-refractivity contribution in [3.8, 4) is 0 Å². The van der Waals surface area contributed by atoms with Gasteiger partial charge in [0.05, 0.1) is 11.0 Å². The number of nitrogens with zero attached hydrogens (tertiary/aromatic N) is 3. The van der Waals surface area contributed by atoms with Crippen molar-refractivity contribution in [2.45, 2.75) is 13.0 Å². The summed E-state index contributed by atoms with van der Waals surface area (Å²) in [5.74, 6) is 0.107. The van der Waals surface area contributed by atoms with E-state index < -0.39 is 0 Å². The molecule has 1 unspecified atom stereocenters. The summed E-state index contributed by atoms with van der Waals surface area (Å²) in [7, 11) is 0. The second kappa shape index (κ2) is 6.11. The molecule has 1 aliphatic rings. The molecule has 1 aliphatic heterocycles. The van der Waals surface area contributed by atoms with E-state index in [0.29, 0.717) is 15.3 Å². The second-order valence-corrected chi connectivity index (χ2v) is 5.95. The van der Waals surface area contributed by atoms with E-state index in [9.17, 15) is 4.39 Å². The largest absolute Gasteiger partial charge is 0.392 e. The molecule has 0 spiro atoms. The molecule has 2 rings (SSSR count). The average molecular weight is 347 g/mol. The first-order valence-corrected chi connectivity index (χ1v) is 7.28. The predicted octanol–water partition coefficient (Wildman–Crippen LogP) is 1.78. The summed E-state index contributed by atoms with van der Waals surface area (Å²) in [5.41, 5.74) is 5.65. The van der Waals surface area contributed by atoms with Crippen LogP contribution in [-0.4, -0.2) is 47.1 Å². The number of nitrogens with two attached hydrogens (primary N) is 1. The molecular formula is C12H16BrFN4S. The van der Waals surface area contributed by atoms with Crippen molar-refractivity contribution in [3.63, 3.8) is 0 Å². The van der Waals surface area contributed by atoms with Crippen molar-refractivity contribution < 1.29 is 4.39 Å². The van der Waals surface area contributed by atoms with Crippen molar-refractivity contribution in [2.75, 3.05) is 31.1 Å². The summed E-state index contributed by atoms with van der Waals surface area (Å²) in [6.45, 7) is 5.04. The minimum absolute atomic E-state index is 0.0832. The molecule has 7 heteroatoms. The smallest absolute Gasteiger partial charge is 0.166 e. The Morgan fingerprint density at radius 2 is 2.11 bits per heavy atom. The maximum atomic E-state index is 13.8. The van der Waals surface area contributed by atoms with E-state index in [4.69, 9.17) is 18.0 Å². The van der Waals surface area contributed by atoms with Crippen molar-refractivity contribution >= 4 is 39.0 Å². The third-order valence-electron chi connectivity index (χ3n) is 3.36. The Labute approximate surface area is 125 Å². The minimum atomic E-state index is -0.301. The van der Waals surface area contributed by atoms with Gasteiger partial charge in [0.15, 0.2) is 11.6 Å². The second-order valence-electron chi connectivity index (χ2n) is 4.56. The van der Waals surface area contributed by atoms with Crippen LogP contribution in [0.4, 0.5) is 10.2 Å². The van der Waals surface area contributed by atoms with Crippen LogP contribution in [0.5, 0.6) is 0 Å². The van der Waals surface area contributed by atoms with Gasteiger partial charge in [0.2, 0.25) is 0 Å². The van der Waals surface area contributed by atoms with Gasteiger partial charge in [-0.1, -0.05) is 12.2 Å². The lowest BCUT2D eigenvalue weighted by molar-refractivity contribution is 0.238. The number of aromatic nitrogens is 1. The first kappa shape index (κ1) is 14.6. The molecule has 2 heterocycles. The highest BCUT2D eigenvalue weighted by Gasteiger charge is 2.24. The first-order valence-electron chi connectivity index (χ1n) is 6.08. The van der Waals surface area contributed by atoms with Gasteiger partial charge in [-0.25, -0.2) is 9.37 Å². The first-order chi connectivity index (χ1) is 8.99. The zero-order chi connectivity index (χ0) is 14.0. The fourth-order valence-corrected chi connectivity index (χ4v) is 2.59. The number of rotatable bonds is 3. The normalized spacial score (nSPS) is 18.4. The van der Waals surface area contributed by atoms with Crippen molar-refractivity contribution in [1.82, 2.24) is 9.88 Å². The maximum Gasteiger partial charge on any atom is 0.166 e. The number of halogens is 2. The van der Waals surface area contributed by atoms with Crippen LogP contribution in [0.25, 0.3) is 0 Å². The van der Waals surface area contributed by atoms with Crippen LogP contribution in [-0.2, 0) is 0 Å². The highest BCUT2D eigenvalue weighted by Crippen LogP contribution is 2.21. The Bertz CT molecular complexity index is 477. The lowest BCUT2D eigenvalue weighted by Gasteiger charge is -2.38. The maximum absolute atomic E-state index is 13.8. The van der Waals surface area contributed by atoms with Gasteiger partial charge in [-0.15, -0.1) is 0 Å². The van der Waals surface area contributed by atoms with Gasteiger partial charge >= 0.3 is 0 Å². The standard InChI is InChI=1S/C12H16BrFN4S/c1-8(11(15)19)17-2-4-18(5-3-17)12-10(14)6-9(13)7-16-12/h6-8H,2-5H2,1H3,(H2,15,19). The summed E-state index contributed by atoms with van der Waals surface area (Å²) >= 11 is 8.21. The summed E-state index contributed by atoms with van der Waals surface area (Å²) in [5, 5.41) is 0. The Morgan fingerprint density at radius 1 is 1.47 bits per heavy atom. The Hall–Kier alpha value is -0.790. The van der Waals surface area contributed by atoms with Gasteiger partial charge in [-0.05, 0) is 28.9 Å². The van der Waals surface area contributed by atoms with Gasteiger partial charge in [-0.3, -0.25) is 4.90 Å². The van der Waals surface area contributed by atoms with E-state index in [2.05, 4.69) is 25.8 Å². The third-order valence-corrected chi connectivity index (χ3v) is 4.14. The monoisotopic (exact) mass is 346 g/mol. The lowest BCUT2D eigenvalue weighted by atomic mass is 10.2. The molecule has 0 aromatic carbocycles. The van der Waals surface area contributed by atoms with Gasteiger partial charge in [0.25, 0.3) is 0 Å². The van der Waals surface area contributed by atoms with Crippen molar-refractivity contribution in [3.05, 3.63) is 22.6 Å². The summed E-state index contributed by atoms with van der Waals surface area (Å²) in [6.07, 6.45) is 1.61. The molecule has 1 atom stereocenters. The van der Waals surface area contributed by atoms with E-state index in [0.717, 1.165) is 26.2 Å². The van der Waals surface area contributed by atoms with Crippen molar-refractivity contribution in [2.24, 2.45) is 5.73 Å². The molecule has 0 aliphatic carbocycles. The number of hydrogen-bond acceptors (Lipinski definition) is 4. The van der Waals surface area contributed by atoms with Crippen molar-refractivity contribution in [1.29, 1.82) is 0 Å². The van der Waals surface area contributed by atoms with Crippen LogP contribution < -0.4 is 10.6 Å². The quantitative estimate of drug-likeness (QED) is 0.845. The number of thiocarbonyl (C=S) groups is 1. The molecular weight excluding hydrogens is 331 g/mol. The lowest BCUT2D eigenvalue weighted by Crippen LogP contribution is -2.53. The highest BCUT2D eigenvalue weighted by atomic mass is 79.9. The van der Waals surface area contributed by atoms with Gasteiger partial charge in [0.1, 0.15) is 0 Å². The Morgan fingerprint density at radius 3 is 2.63 bits per heavy atom. The van der Waals surface area contributed by atoms with E-state index in [1.54, 1.807) is 6.20 Å². The molecule has 1 fully saturated rings. The number of hydrogen-bond donors (Lipinski definition) is 1. The van der Waals surface area contributed by atoms with E-state index in [-0.39, 0.29) is 11.9 Å². The summed E-state index contributed by atoms with van der Waals surface area (Å²) in [4.78, 5) is 8.80. The molecule has 2 N–H and O–H groups in total. The van der Waals surface area contributed by atoms with Crippen LogP contribution in [0.1, 0.15) is 6.92 Å². The molecule has 0 bridgehead atoms. The van der Waals surface area contributed by atoms with Gasteiger partial charge in [0, 0.05) is 36.8 Å². The zero-order valence-electron chi connectivity index (χ0n) is 10.6. The molecule has 1 aromatic heterocycles. The SMILES string of the molecule is CC(C(N)=S)N1CCN(c2ncc(Br)cc2F)CC1. The van der Waals surface area contributed by atoms with Crippen LogP contribution >= 0.6 is 28.1 Å². The molecule has 4 nitrogen and oxygen atoms in total. The fourth-order valence-electron chi connectivity index (χ4n) is 2.14. The van der Waals surface area contributed by atoms with E-state index in [1.165, 1.54) is 6.07 Å². The third kappa shape index (κ3) is 3.40. The fraction of sp³-hybridized carbons (Fsp3) is 0.500. The van der Waals surface area contributed by atoms with Crippen LogP contribution in [0.2, 0.25) is 0 Å². The van der Waals surface area contributed by atoms with Crippen LogP contribution in [0.3, 0.4) is 0 Å². The number of piperazine rings is 1. The van der Waals surface area contributed by atoms with Crippen LogP contribution in [0.15, 0.2) is 16.7 Å². The molecule has 0 radical (unpaired) electrons. The highest BCUT2D eigenvalue weighted by molar-refractivity contribution is 9.10. The van der Waals surface area contributed by atoms with Gasteiger partial charge in [-0.2, -0.15) is 0 Å². The number of pyridine rings is 1. The predicted molar refractivity (Wildman–Crippen MR) is 81.9 cm³/mol. The van der Waals surface area contributed by atoms with E-state index in [1.807, 2.05) is 11.8 Å². The molecule has 1 saturated heterocycles. The molecule has 19 heavy (non-hydrogen) atoms. The number of anilines is 1. The molecule has 0 amide bonds. The van der Waals surface area contributed by atoms with Gasteiger partial charge < -0.3 is 10.6 Å². The zero-order valence-corrected chi connectivity index (χ0v) is 13.0. The van der Waals surface area contributed by atoms with E-state index >= 15 is 0 Å².